The Kier molecular flexibility index (Phi) is 5.34. The normalized spacial score (nSPS) is 11.2. The largest absolute Gasteiger partial charge is 0.487 e. The summed E-state index contributed by atoms with van der Waals surface area (Å²) < 4.78 is 7.70. The second-order valence-corrected chi connectivity index (χ2v) is 8.84. The molecule has 1 aromatic heterocycles. The van der Waals surface area contributed by atoms with Crippen LogP contribution in [0.3, 0.4) is 0 Å². The van der Waals surface area contributed by atoms with Crippen LogP contribution in [-0.2, 0) is 6.61 Å². The quantitative estimate of drug-likeness (QED) is 0.274. The zero-order chi connectivity index (χ0) is 21.4. The van der Waals surface area contributed by atoms with Gasteiger partial charge in [0, 0.05) is 5.56 Å². The molecule has 0 atom stereocenters. The highest BCUT2D eigenvalue weighted by atomic mass is 79.9. The van der Waals surface area contributed by atoms with Crippen LogP contribution >= 0.6 is 31.9 Å². The lowest BCUT2D eigenvalue weighted by Crippen LogP contribution is -2.09. The Morgan fingerprint density at radius 3 is 2.32 bits per heavy atom. The summed E-state index contributed by atoms with van der Waals surface area (Å²) in [7, 11) is 0. The molecule has 5 rings (SSSR count). The molecule has 0 aliphatic heterocycles. The van der Waals surface area contributed by atoms with Gasteiger partial charge in [0.15, 0.2) is 0 Å². The number of fused-ring (bicyclic) bond motifs is 2. The topological polar surface area (TPSA) is 55.0 Å². The molecule has 152 valence electrons. The number of hydrogen-bond donors (Lipinski definition) is 1. The number of nitrogens with one attached hydrogen (secondary N) is 1. The minimum Gasteiger partial charge on any atom is -0.487 e. The second-order valence-electron chi connectivity index (χ2n) is 7.13. The predicted molar refractivity (Wildman–Crippen MR) is 131 cm³/mol. The molecule has 5 aromatic rings. The van der Waals surface area contributed by atoms with E-state index in [1.807, 2.05) is 48.5 Å². The van der Waals surface area contributed by atoms with Crippen LogP contribution in [0.2, 0.25) is 0 Å². The fraction of sp³-hybridized carbons (Fsp3) is 0.0400. The summed E-state index contributed by atoms with van der Waals surface area (Å²) in [5, 5.41) is 2.93. The van der Waals surface area contributed by atoms with Gasteiger partial charge in [-0.05, 0) is 72.5 Å². The molecule has 0 fully saturated rings. The van der Waals surface area contributed by atoms with Crippen LogP contribution in [0.5, 0.6) is 5.75 Å². The van der Waals surface area contributed by atoms with Gasteiger partial charge in [-0.1, -0.05) is 54.6 Å². The average Bonchev–Trinajstić information content (AvgIpc) is 2.78. The number of benzene rings is 4. The van der Waals surface area contributed by atoms with Crippen molar-refractivity contribution in [2.75, 3.05) is 0 Å². The molecule has 0 aliphatic rings. The maximum absolute atomic E-state index is 12.4. The van der Waals surface area contributed by atoms with Gasteiger partial charge in [-0.3, -0.25) is 4.79 Å². The van der Waals surface area contributed by atoms with Crippen LogP contribution in [0, 0.1) is 0 Å². The van der Waals surface area contributed by atoms with E-state index in [4.69, 9.17) is 4.74 Å². The highest BCUT2D eigenvalue weighted by Gasteiger charge is 2.13. The summed E-state index contributed by atoms with van der Waals surface area (Å²) in [6.07, 6.45) is 0. The first-order chi connectivity index (χ1) is 15.1. The van der Waals surface area contributed by atoms with Crippen LogP contribution < -0.4 is 10.3 Å². The lowest BCUT2D eigenvalue weighted by atomic mass is 10.1. The number of nitrogens with zero attached hydrogens (tertiary/aromatic N) is 1. The lowest BCUT2D eigenvalue weighted by Gasteiger charge is -2.13. The van der Waals surface area contributed by atoms with Crippen LogP contribution in [0.25, 0.3) is 33.1 Å². The summed E-state index contributed by atoms with van der Waals surface area (Å²) in [6.45, 7) is 0.433. The molecule has 0 amide bonds. The van der Waals surface area contributed by atoms with Crippen molar-refractivity contribution in [3.8, 4) is 17.1 Å². The maximum Gasteiger partial charge on any atom is 0.259 e. The van der Waals surface area contributed by atoms with Crippen LogP contribution in [-0.4, -0.2) is 9.97 Å². The van der Waals surface area contributed by atoms with Crippen molar-refractivity contribution in [2.24, 2.45) is 0 Å². The Morgan fingerprint density at radius 1 is 0.839 bits per heavy atom. The third kappa shape index (κ3) is 3.89. The molecule has 0 saturated carbocycles. The van der Waals surface area contributed by atoms with Gasteiger partial charge in [0.2, 0.25) is 0 Å². The number of aromatic amines is 1. The Morgan fingerprint density at radius 2 is 1.52 bits per heavy atom. The summed E-state index contributed by atoms with van der Waals surface area (Å²) in [5.41, 5.74) is 2.38. The fourth-order valence-electron chi connectivity index (χ4n) is 3.63. The highest BCUT2D eigenvalue weighted by Crippen LogP contribution is 2.38. The van der Waals surface area contributed by atoms with Crippen LogP contribution in [0.1, 0.15) is 5.56 Å². The summed E-state index contributed by atoms with van der Waals surface area (Å²) in [6, 6.07) is 25.6. The van der Waals surface area contributed by atoms with Gasteiger partial charge in [0.1, 0.15) is 18.2 Å². The van der Waals surface area contributed by atoms with E-state index in [-0.39, 0.29) is 5.56 Å². The molecule has 0 spiro atoms. The van der Waals surface area contributed by atoms with Gasteiger partial charge in [-0.15, -0.1) is 0 Å². The second kappa shape index (κ2) is 8.29. The van der Waals surface area contributed by atoms with E-state index in [9.17, 15) is 4.79 Å². The molecule has 0 radical (unpaired) electrons. The predicted octanol–water partition coefficient (Wildman–Crippen LogP) is 6.85. The molecule has 0 bridgehead atoms. The molecule has 1 N–H and O–H groups in total. The smallest absolute Gasteiger partial charge is 0.259 e. The minimum absolute atomic E-state index is 0.163. The van der Waals surface area contributed by atoms with Crippen molar-refractivity contribution in [2.45, 2.75) is 6.61 Å². The molecule has 31 heavy (non-hydrogen) atoms. The van der Waals surface area contributed by atoms with Crippen LogP contribution in [0.4, 0.5) is 0 Å². The number of H-pyrrole nitrogens is 1. The molecular formula is C25H16Br2N2O2. The fourth-order valence-corrected chi connectivity index (χ4v) is 5.04. The molecule has 0 saturated heterocycles. The number of aromatic nitrogens is 2. The van der Waals surface area contributed by atoms with E-state index in [2.05, 4.69) is 66.1 Å². The van der Waals surface area contributed by atoms with E-state index in [1.54, 1.807) is 6.07 Å². The molecule has 0 unspecified atom stereocenters. The summed E-state index contributed by atoms with van der Waals surface area (Å²) in [4.78, 5) is 19.9. The Hall–Kier alpha value is -2.96. The Balaban J connectivity index is 1.48. The van der Waals surface area contributed by atoms with Crippen molar-refractivity contribution >= 4 is 53.5 Å². The Labute approximate surface area is 195 Å². The molecule has 4 nitrogen and oxygen atoms in total. The molecular weight excluding hydrogens is 520 g/mol. The number of ether oxygens (including phenoxy) is 1. The van der Waals surface area contributed by atoms with E-state index >= 15 is 0 Å². The summed E-state index contributed by atoms with van der Waals surface area (Å²) >= 11 is 7.22. The molecule has 1 heterocycles. The first-order valence-corrected chi connectivity index (χ1v) is 11.3. The zero-order valence-electron chi connectivity index (χ0n) is 16.2. The van der Waals surface area contributed by atoms with E-state index in [0.29, 0.717) is 29.1 Å². The highest BCUT2D eigenvalue weighted by molar-refractivity contribution is 9.11. The average molecular weight is 536 g/mol. The van der Waals surface area contributed by atoms with Crippen LogP contribution in [0.15, 0.2) is 92.6 Å². The van der Waals surface area contributed by atoms with E-state index in [0.717, 1.165) is 20.1 Å². The van der Waals surface area contributed by atoms with Crippen molar-refractivity contribution in [1.29, 1.82) is 0 Å². The molecule has 0 aliphatic carbocycles. The van der Waals surface area contributed by atoms with Crippen molar-refractivity contribution in [3.05, 3.63) is 104 Å². The minimum atomic E-state index is -0.163. The van der Waals surface area contributed by atoms with Gasteiger partial charge < -0.3 is 9.72 Å². The first-order valence-electron chi connectivity index (χ1n) is 9.68. The SMILES string of the molecule is O=c1[nH]c(-c2cc(Br)c(OCc3cccc4ccccc34)c(Br)c2)nc2ccccc12. The maximum atomic E-state index is 12.4. The monoisotopic (exact) mass is 534 g/mol. The van der Waals surface area contributed by atoms with Gasteiger partial charge in [0.25, 0.3) is 5.56 Å². The number of rotatable bonds is 4. The Bertz CT molecular complexity index is 1470. The standard InChI is InChI=1S/C25H16Br2N2O2/c26-20-12-17(24-28-22-11-4-3-10-19(22)25(30)29-24)13-21(27)23(20)31-14-16-8-5-7-15-6-1-2-9-18(15)16/h1-13H,14H2,(H,28,29,30). The number of halogens is 2. The molecule has 6 heteroatoms. The third-order valence-electron chi connectivity index (χ3n) is 5.14. The van der Waals surface area contributed by atoms with Crippen molar-refractivity contribution < 1.29 is 4.74 Å². The lowest BCUT2D eigenvalue weighted by molar-refractivity contribution is 0.304. The first kappa shape index (κ1) is 20.0. The van der Waals surface area contributed by atoms with E-state index < -0.39 is 0 Å². The number of hydrogen-bond acceptors (Lipinski definition) is 3. The van der Waals surface area contributed by atoms with Gasteiger partial charge >= 0.3 is 0 Å². The molecule has 4 aromatic carbocycles. The third-order valence-corrected chi connectivity index (χ3v) is 6.31. The van der Waals surface area contributed by atoms with Gasteiger partial charge in [-0.25, -0.2) is 4.98 Å². The van der Waals surface area contributed by atoms with E-state index in [1.165, 1.54) is 10.8 Å². The van der Waals surface area contributed by atoms with Crippen molar-refractivity contribution in [1.82, 2.24) is 9.97 Å². The van der Waals surface area contributed by atoms with Crippen molar-refractivity contribution in [3.63, 3.8) is 0 Å². The zero-order valence-corrected chi connectivity index (χ0v) is 19.4. The van der Waals surface area contributed by atoms with Gasteiger partial charge in [-0.2, -0.15) is 0 Å². The van der Waals surface area contributed by atoms with Gasteiger partial charge in [0.05, 0.1) is 19.8 Å². The summed E-state index contributed by atoms with van der Waals surface area (Å²) in [5.74, 6) is 1.20. The number of para-hydroxylation sites is 1.